The number of rotatable bonds is 3. The Kier molecular flexibility index (Phi) is 3.85. The van der Waals surface area contributed by atoms with Gasteiger partial charge in [0.2, 0.25) is 0 Å². The van der Waals surface area contributed by atoms with Crippen molar-refractivity contribution >= 4 is 23.1 Å². The van der Waals surface area contributed by atoms with Crippen LogP contribution in [0.2, 0.25) is 0 Å². The normalized spacial score (nSPS) is 11.6. The van der Waals surface area contributed by atoms with Gasteiger partial charge in [0.1, 0.15) is 11.5 Å². The van der Waals surface area contributed by atoms with Gasteiger partial charge in [-0.2, -0.15) is 0 Å². The highest BCUT2D eigenvalue weighted by molar-refractivity contribution is 6.28. The first kappa shape index (κ1) is 11.7. The van der Waals surface area contributed by atoms with E-state index in [1.54, 1.807) is 0 Å². The highest BCUT2D eigenvalue weighted by Gasteiger charge is 2.13. The lowest BCUT2D eigenvalue weighted by Gasteiger charge is -2.05. The molecule has 82 valence electrons. The molecule has 0 aliphatic rings. The molecule has 0 amide bonds. The number of hydrogen-bond donors (Lipinski definition) is 1. The molecule has 3 nitrogen and oxygen atoms in total. The second-order valence-electron chi connectivity index (χ2n) is 2.65. The molecule has 0 fully saturated rings. The van der Waals surface area contributed by atoms with E-state index in [1.165, 1.54) is 7.11 Å². The van der Waals surface area contributed by atoms with Crippen molar-refractivity contribution in [1.82, 2.24) is 0 Å². The minimum Gasteiger partial charge on any atom is -0.491 e. The number of aliphatic imine (C=N–C) groups is 1. The summed E-state index contributed by atoms with van der Waals surface area (Å²) in [6, 6.07) is 2.20. The van der Waals surface area contributed by atoms with Crippen LogP contribution in [-0.4, -0.2) is 18.8 Å². The van der Waals surface area contributed by atoms with Crippen LogP contribution in [0.1, 0.15) is 0 Å². The van der Waals surface area contributed by atoms with E-state index in [1.807, 2.05) is 0 Å². The molecule has 6 heteroatoms. The lowest BCUT2D eigenvalue weighted by Crippen LogP contribution is -2.12. The summed E-state index contributed by atoms with van der Waals surface area (Å²) in [6.45, 7) is 0. The Balaban J connectivity index is 3.22. The van der Waals surface area contributed by atoms with E-state index in [0.717, 1.165) is 12.1 Å². The van der Waals surface area contributed by atoms with Gasteiger partial charge in [-0.25, -0.2) is 13.8 Å². The molecule has 0 saturated carbocycles. The first-order valence-electron chi connectivity index (χ1n) is 4.01. The van der Waals surface area contributed by atoms with E-state index in [9.17, 15) is 8.78 Å². The van der Waals surface area contributed by atoms with Gasteiger partial charge in [0.25, 0.3) is 0 Å². The van der Waals surface area contributed by atoms with Gasteiger partial charge in [0, 0.05) is 0 Å². The number of alkyl halides is 1. The minimum atomic E-state index is -0.898. The molecule has 0 aromatic heterocycles. The summed E-state index contributed by atoms with van der Waals surface area (Å²) in [5, 5.41) is 0. The first-order chi connectivity index (χ1) is 7.10. The second-order valence-corrected chi connectivity index (χ2v) is 2.92. The highest BCUT2D eigenvalue weighted by atomic mass is 35.5. The predicted molar refractivity (Wildman–Crippen MR) is 54.9 cm³/mol. The van der Waals surface area contributed by atoms with E-state index >= 15 is 0 Å². The SMILES string of the molecule is COc1c(F)ccc(N=C(N)CCl)c1F. The molecule has 0 spiro atoms. The van der Waals surface area contributed by atoms with Crippen molar-refractivity contribution < 1.29 is 13.5 Å². The Labute approximate surface area is 90.5 Å². The topological polar surface area (TPSA) is 47.6 Å². The van der Waals surface area contributed by atoms with Crippen molar-refractivity contribution in [2.75, 3.05) is 13.0 Å². The molecule has 0 heterocycles. The monoisotopic (exact) mass is 234 g/mol. The Bertz CT molecular complexity index is 396. The largest absolute Gasteiger partial charge is 0.491 e. The lowest BCUT2D eigenvalue weighted by molar-refractivity contribution is 0.360. The van der Waals surface area contributed by atoms with Crippen LogP contribution in [-0.2, 0) is 0 Å². The zero-order valence-electron chi connectivity index (χ0n) is 7.93. The van der Waals surface area contributed by atoms with Gasteiger partial charge in [0.15, 0.2) is 17.4 Å². The Morgan fingerprint density at radius 3 is 2.73 bits per heavy atom. The van der Waals surface area contributed by atoms with Crippen LogP contribution in [0.3, 0.4) is 0 Å². The summed E-state index contributed by atoms with van der Waals surface area (Å²) in [7, 11) is 1.17. The molecule has 15 heavy (non-hydrogen) atoms. The number of methoxy groups -OCH3 is 1. The molecule has 0 aliphatic heterocycles. The summed E-state index contributed by atoms with van der Waals surface area (Å²) >= 11 is 5.38. The number of nitrogens with two attached hydrogens (primary N) is 1. The number of nitrogens with zero attached hydrogens (tertiary/aromatic N) is 1. The zero-order chi connectivity index (χ0) is 11.4. The number of benzene rings is 1. The van der Waals surface area contributed by atoms with Gasteiger partial charge >= 0.3 is 0 Å². The maximum atomic E-state index is 13.5. The van der Waals surface area contributed by atoms with Gasteiger partial charge < -0.3 is 10.5 Å². The molecule has 1 aromatic carbocycles. The highest BCUT2D eigenvalue weighted by Crippen LogP contribution is 2.29. The van der Waals surface area contributed by atoms with Crippen LogP contribution in [0.15, 0.2) is 17.1 Å². The lowest BCUT2D eigenvalue weighted by atomic mass is 10.2. The van der Waals surface area contributed by atoms with Gasteiger partial charge in [-0.05, 0) is 12.1 Å². The molecule has 0 atom stereocenters. The summed E-state index contributed by atoms with van der Waals surface area (Å²) in [5.74, 6) is -2.16. The molecule has 0 bridgehead atoms. The molecule has 1 aromatic rings. The number of hydrogen-bond acceptors (Lipinski definition) is 2. The van der Waals surface area contributed by atoms with E-state index in [-0.39, 0.29) is 17.4 Å². The average Bonchev–Trinajstić information content (AvgIpc) is 2.23. The molecular weight excluding hydrogens is 226 g/mol. The molecule has 1 rings (SSSR count). The summed E-state index contributed by atoms with van der Waals surface area (Å²) in [6.07, 6.45) is 0. The third-order valence-electron chi connectivity index (χ3n) is 1.63. The molecule has 0 radical (unpaired) electrons. The maximum absolute atomic E-state index is 13.5. The van der Waals surface area contributed by atoms with E-state index in [2.05, 4.69) is 9.73 Å². The van der Waals surface area contributed by atoms with Crippen LogP contribution in [0, 0.1) is 11.6 Å². The van der Waals surface area contributed by atoms with Crippen molar-refractivity contribution in [3.8, 4) is 5.75 Å². The van der Waals surface area contributed by atoms with E-state index in [4.69, 9.17) is 17.3 Å². The van der Waals surface area contributed by atoms with E-state index < -0.39 is 17.4 Å². The van der Waals surface area contributed by atoms with Gasteiger partial charge in [-0.15, -0.1) is 11.6 Å². The third kappa shape index (κ3) is 2.56. The van der Waals surface area contributed by atoms with Crippen molar-refractivity contribution in [2.45, 2.75) is 0 Å². The molecule has 0 saturated heterocycles. The van der Waals surface area contributed by atoms with Crippen LogP contribution >= 0.6 is 11.6 Å². The number of amidine groups is 1. The van der Waals surface area contributed by atoms with Crippen molar-refractivity contribution in [3.63, 3.8) is 0 Å². The Hall–Kier alpha value is -1.36. The minimum absolute atomic E-state index is 0.0286. The van der Waals surface area contributed by atoms with Crippen molar-refractivity contribution in [2.24, 2.45) is 10.7 Å². The fraction of sp³-hybridized carbons (Fsp3) is 0.222. The summed E-state index contributed by atoms with van der Waals surface area (Å²) < 4.78 is 31.0. The van der Waals surface area contributed by atoms with Crippen molar-refractivity contribution in [3.05, 3.63) is 23.8 Å². The van der Waals surface area contributed by atoms with Gasteiger partial charge in [-0.1, -0.05) is 0 Å². The van der Waals surface area contributed by atoms with Crippen LogP contribution in [0.4, 0.5) is 14.5 Å². The van der Waals surface area contributed by atoms with Gasteiger partial charge in [-0.3, -0.25) is 0 Å². The van der Waals surface area contributed by atoms with Crippen LogP contribution < -0.4 is 10.5 Å². The second kappa shape index (κ2) is 4.93. The first-order valence-corrected chi connectivity index (χ1v) is 4.54. The maximum Gasteiger partial charge on any atom is 0.193 e. The van der Waals surface area contributed by atoms with Crippen LogP contribution in [0.5, 0.6) is 5.75 Å². The fourth-order valence-corrected chi connectivity index (χ4v) is 1.04. The molecular formula is C9H9ClF2N2O. The average molecular weight is 235 g/mol. The smallest absolute Gasteiger partial charge is 0.193 e. The summed E-state index contributed by atoms with van der Waals surface area (Å²) in [5.41, 5.74) is 5.22. The van der Waals surface area contributed by atoms with E-state index in [0.29, 0.717) is 0 Å². The third-order valence-corrected chi connectivity index (χ3v) is 1.91. The Morgan fingerprint density at radius 2 is 2.20 bits per heavy atom. The quantitative estimate of drug-likeness (QED) is 0.495. The molecule has 0 aliphatic carbocycles. The zero-order valence-corrected chi connectivity index (χ0v) is 8.68. The standard InChI is InChI=1S/C9H9ClF2N2O/c1-15-9-5(11)2-3-6(8(9)12)14-7(13)4-10/h2-3H,4H2,1H3,(H2,13,14). The fourth-order valence-electron chi connectivity index (χ4n) is 0.980. The number of halogens is 3. The van der Waals surface area contributed by atoms with Crippen LogP contribution in [0.25, 0.3) is 0 Å². The molecule has 2 N–H and O–H groups in total. The Morgan fingerprint density at radius 1 is 1.53 bits per heavy atom. The van der Waals surface area contributed by atoms with Crippen molar-refractivity contribution in [1.29, 1.82) is 0 Å². The summed E-state index contributed by atoms with van der Waals surface area (Å²) in [4.78, 5) is 3.67. The molecule has 0 unspecified atom stereocenters. The van der Waals surface area contributed by atoms with Gasteiger partial charge in [0.05, 0.1) is 13.0 Å². The number of ether oxygens (including phenoxy) is 1. The predicted octanol–water partition coefficient (Wildman–Crippen LogP) is 2.20.